The highest BCUT2D eigenvalue weighted by Gasteiger charge is 2.25. The predicted molar refractivity (Wildman–Crippen MR) is 60.6 cm³/mol. The number of hydrogen-bond donors (Lipinski definition) is 1. The Labute approximate surface area is 89.8 Å². The summed E-state index contributed by atoms with van der Waals surface area (Å²) in [4.78, 5) is 4.69. The zero-order valence-corrected chi connectivity index (χ0v) is 9.95. The Hall–Kier alpha value is -0.410. The van der Waals surface area contributed by atoms with E-state index in [9.17, 15) is 0 Å². The van der Waals surface area contributed by atoms with E-state index in [0.29, 0.717) is 0 Å². The van der Waals surface area contributed by atoms with Crippen molar-refractivity contribution in [2.24, 2.45) is 5.92 Å². The summed E-state index contributed by atoms with van der Waals surface area (Å²) in [6.45, 7) is 4.34. The van der Waals surface area contributed by atoms with Crippen LogP contribution in [0.2, 0.25) is 0 Å². The molecule has 1 saturated carbocycles. The molecular weight excluding hydrogens is 192 g/mol. The number of thiazole rings is 1. The molecule has 78 valence electrons. The molecule has 1 fully saturated rings. The molecule has 0 amide bonds. The number of nitrogens with zero attached hydrogens (tertiary/aromatic N) is 1. The normalized spacial score (nSPS) is 17.4. The molecule has 1 heterocycles. The lowest BCUT2D eigenvalue weighted by Gasteiger charge is -2.21. The van der Waals surface area contributed by atoms with Crippen molar-refractivity contribution in [2.75, 3.05) is 7.05 Å². The summed E-state index contributed by atoms with van der Waals surface area (Å²) in [6, 6.07) is 0. The van der Waals surface area contributed by atoms with Gasteiger partial charge in [0.2, 0.25) is 0 Å². The van der Waals surface area contributed by atoms with Crippen molar-refractivity contribution in [1.29, 1.82) is 0 Å². The number of nitrogens with one attached hydrogen (secondary N) is 1. The van der Waals surface area contributed by atoms with Crippen molar-refractivity contribution in [3.63, 3.8) is 0 Å². The van der Waals surface area contributed by atoms with Crippen LogP contribution in [0.15, 0.2) is 5.38 Å². The van der Waals surface area contributed by atoms with Crippen LogP contribution in [0.4, 0.5) is 0 Å². The van der Waals surface area contributed by atoms with Gasteiger partial charge >= 0.3 is 0 Å². The molecule has 0 radical (unpaired) electrons. The second-order valence-electron chi connectivity index (χ2n) is 4.65. The van der Waals surface area contributed by atoms with E-state index in [4.69, 9.17) is 0 Å². The molecule has 0 unspecified atom stereocenters. The van der Waals surface area contributed by atoms with Crippen LogP contribution >= 0.6 is 11.3 Å². The predicted octanol–water partition coefficient (Wildman–Crippen LogP) is 2.55. The van der Waals surface area contributed by atoms with Crippen molar-refractivity contribution in [2.45, 2.75) is 38.6 Å². The fraction of sp³-hybridized carbons (Fsp3) is 0.727. The molecule has 2 nitrogen and oxygen atoms in total. The molecule has 0 saturated heterocycles. The van der Waals surface area contributed by atoms with Crippen molar-refractivity contribution in [3.05, 3.63) is 16.1 Å². The van der Waals surface area contributed by atoms with E-state index in [1.165, 1.54) is 30.0 Å². The third-order valence-electron chi connectivity index (χ3n) is 2.98. The first-order chi connectivity index (χ1) is 6.62. The Bertz CT molecular complexity index is 313. The van der Waals surface area contributed by atoms with Crippen LogP contribution in [0.1, 0.15) is 37.4 Å². The molecule has 0 aliphatic heterocycles. The van der Waals surface area contributed by atoms with Crippen LogP contribution in [0, 0.1) is 5.92 Å². The highest BCUT2D eigenvalue weighted by molar-refractivity contribution is 7.09. The first-order valence-corrected chi connectivity index (χ1v) is 6.13. The highest BCUT2D eigenvalue weighted by atomic mass is 32.1. The van der Waals surface area contributed by atoms with Crippen molar-refractivity contribution < 1.29 is 0 Å². The zero-order chi connectivity index (χ0) is 10.2. The van der Waals surface area contributed by atoms with Gasteiger partial charge < -0.3 is 5.32 Å². The van der Waals surface area contributed by atoms with Gasteiger partial charge in [-0.1, -0.05) is 0 Å². The van der Waals surface area contributed by atoms with Crippen molar-refractivity contribution in [3.8, 4) is 0 Å². The Kier molecular flexibility index (Phi) is 2.62. The minimum absolute atomic E-state index is 0.0122. The molecular formula is C11H18N2S. The molecule has 3 heteroatoms. The molecule has 1 N–H and O–H groups in total. The van der Waals surface area contributed by atoms with Gasteiger partial charge in [-0.25, -0.2) is 4.98 Å². The van der Waals surface area contributed by atoms with Gasteiger partial charge in [-0.2, -0.15) is 0 Å². The van der Waals surface area contributed by atoms with E-state index in [0.717, 1.165) is 5.92 Å². The largest absolute Gasteiger partial charge is 0.310 e. The monoisotopic (exact) mass is 210 g/mol. The van der Waals surface area contributed by atoms with Crippen LogP contribution in [0.5, 0.6) is 0 Å². The summed E-state index contributed by atoms with van der Waals surface area (Å²) in [5, 5.41) is 6.78. The highest BCUT2D eigenvalue weighted by Crippen LogP contribution is 2.34. The van der Waals surface area contributed by atoms with Crippen LogP contribution < -0.4 is 5.32 Å². The van der Waals surface area contributed by atoms with Gasteiger partial charge in [-0.05, 0) is 39.7 Å². The van der Waals surface area contributed by atoms with Crippen LogP contribution in [0.25, 0.3) is 0 Å². The number of aromatic nitrogens is 1. The molecule has 0 atom stereocenters. The van der Waals surface area contributed by atoms with E-state index in [2.05, 4.69) is 29.5 Å². The topological polar surface area (TPSA) is 24.9 Å². The summed E-state index contributed by atoms with van der Waals surface area (Å²) in [7, 11) is 1.99. The lowest BCUT2D eigenvalue weighted by Crippen LogP contribution is -2.33. The zero-order valence-electron chi connectivity index (χ0n) is 9.13. The van der Waals surface area contributed by atoms with Gasteiger partial charge in [0.15, 0.2) is 0 Å². The molecule has 1 aromatic heterocycles. The van der Waals surface area contributed by atoms with E-state index in [1.54, 1.807) is 0 Å². The molecule has 0 aromatic carbocycles. The maximum atomic E-state index is 4.69. The summed E-state index contributed by atoms with van der Waals surface area (Å²) in [6.07, 6.45) is 4.01. The first kappa shape index (κ1) is 10.1. The summed E-state index contributed by atoms with van der Waals surface area (Å²) in [5.41, 5.74) is 1.19. The van der Waals surface area contributed by atoms with Crippen LogP contribution in [-0.4, -0.2) is 12.0 Å². The average Bonchev–Trinajstić information content (AvgIpc) is 2.81. The lowest BCUT2D eigenvalue weighted by molar-refractivity contribution is 0.432. The quantitative estimate of drug-likeness (QED) is 0.826. The smallest absolute Gasteiger partial charge is 0.0931 e. The summed E-state index contributed by atoms with van der Waals surface area (Å²) < 4.78 is 0. The van der Waals surface area contributed by atoms with Gasteiger partial charge in [-0.15, -0.1) is 11.3 Å². The van der Waals surface area contributed by atoms with Gasteiger partial charge in [0.05, 0.1) is 16.2 Å². The molecule has 1 aliphatic carbocycles. The van der Waals surface area contributed by atoms with E-state index in [1.807, 2.05) is 18.4 Å². The first-order valence-electron chi connectivity index (χ1n) is 5.25. The van der Waals surface area contributed by atoms with Crippen molar-refractivity contribution >= 4 is 11.3 Å². The summed E-state index contributed by atoms with van der Waals surface area (Å²) in [5.74, 6) is 0.937. The standard InChI is InChI=1S/C11H18N2S/c1-11(2,12-3)9-7-14-10(13-9)6-8-4-5-8/h7-8,12H,4-6H2,1-3H3. The maximum Gasteiger partial charge on any atom is 0.0931 e. The molecule has 0 bridgehead atoms. The van der Waals surface area contributed by atoms with E-state index >= 15 is 0 Å². The fourth-order valence-corrected chi connectivity index (χ4v) is 2.47. The van der Waals surface area contributed by atoms with Gasteiger partial charge in [-0.3, -0.25) is 0 Å². The second-order valence-corrected chi connectivity index (χ2v) is 5.59. The van der Waals surface area contributed by atoms with Crippen LogP contribution in [-0.2, 0) is 12.0 Å². The molecule has 1 aliphatic rings. The third-order valence-corrected chi connectivity index (χ3v) is 3.85. The molecule has 0 spiro atoms. The Morgan fingerprint density at radius 3 is 2.86 bits per heavy atom. The van der Waals surface area contributed by atoms with Crippen molar-refractivity contribution in [1.82, 2.24) is 10.3 Å². The Morgan fingerprint density at radius 2 is 2.29 bits per heavy atom. The molecule has 1 aromatic rings. The second kappa shape index (κ2) is 3.63. The fourth-order valence-electron chi connectivity index (χ4n) is 1.39. The Balaban J connectivity index is 2.07. The maximum absolute atomic E-state index is 4.69. The number of hydrogen-bond acceptors (Lipinski definition) is 3. The van der Waals surface area contributed by atoms with E-state index < -0.39 is 0 Å². The Morgan fingerprint density at radius 1 is 1.57 bits per heavy atom. The molecule has 14 heavy (non-hydrogen) atoms. The van der Waals surface area contributed by atoms with Gasteiger partial charge in [0.1, 0.15) is 0 Å². The third kappa shape index (κ3) is 2.15. The average molecular weight is 210 g/mol. The van der Waals surface area contributed by atoms with Crippen LogP contribution in [0.3, 0.4) is 0 Å². The summed E-state index contributed by atoms with van der Waals surface area (Å²) >= 11 is 1.81. The molecule has 2 rings (SSSR count). The number of rotatable bonds is 4. The van der Waals surface area contributed by atoms with Gasteiger partial charge in [0.25, 0.3) is 0 Å². The lowest BCUT2D eigenvalue weighted by atomic mass is 10.0. The minimum Gasteiger partial charge on any atom is -0.310 e. The minimum atomic E-state index is 0.0122. The van der Waals surface area contributed by atoms with E-state index in [-0.39, 0.29) is 5.54 Å². The SMILES string of the molecule is CNC(C)(C)c1csc(CC2CC2)n1. The van der Waals surface area contributed by atoms with Gasteiger partial charge in [0, 0.05) is 11.8 Å².